The molecule has 1 N–H and O–H groups in total. The number of nitrogens with zero attached hydrogens (tertiary/aromatic N) is 1. The Labute approximate surface area is 141 Å². The lowest BCUT2D eigenvalue weighted by Gasteiger charge is -2.29. The minimum Gasteiger partial charge on any atom is -0.288 e. The number of halogens is 3. The molecule has 1 aromatic rings. The Morgan fingerprint density at radius 2 is 1.83 bits per heavy atom. The van der Waals surface area contributed by atoms with Gasteiger partial charge in [-0.3, -0.25) is 10.2 Å². The summed E-state index contributed by atoms with van der Waals surface area (Å²) in [5, 5.41) is 1.07. The van der Waals surface area contributed by atoms with Gasteiger partial charge in [0.25, 0.3) is 0 Å². The summed E-state index contributed by atoms with van der Waals surface area (Å²) < 4.78 is 40.0. The fourth-order valence-corrected chi connectivity index (χ4v) is 2.99. The van der Waals surface area contributed by atoms with Crippen LogP contribution in [-0.2, 0) is 11.2 Å². The number of hydrazine groups is 1. The lowest BCUT2D eigenvalue weighted by molar-refractivity contribution is -0.190. The van der Waals surface area contributed by atoms with E-state index in [9.17, 15) is 18.0 Å². The van der Waals surface area contributed by atoms with E-state index in [4.69, 9.17) is 0 Å². The number of carbonyl (C=O) groups excluding carboxylic acids is 1. The number of hydrogen-bond donors (Lipinski definition) is 1. The molecule has 3 nitrogen and oxygen atoms in total. The zero-order chi connectivity index (χ0) is 17.8. The fraction of sp³-hybridized carbons (Fsp3) is 0.611. The minimum absolute atomic E-state index is 0.00858. The maximum absolute atomic E-state index is 13.3. The van der Waals surface area contributed by atoms with E-state index >= 15 is 0 Å². The van der Waals surface area contributed by atoms with Crippen LogP contribution in [0.2, 0.25) is 0 Å². The third-order valence-corrected chi connectivity index (χ3v) is 4.47. The Bertz CT molecular complexity index is 543. The quantitative estimate of drug-likeness (QED) is 0.757. The Hall–Kier alpha value is -1.56. The highest BCUT2D eigenvalue weighted by molar-refractivity contribution is 5.83. The van der Waals surface area contributed by atoms with Gasteiger partial charge in [0.2, 0.25) is 5.91 Å². The molecule has 0 aromatic heterocycles. The monoisotopic (exact) mass is 342 g/mol. The van der Waals surface area contributed by atoms with E-state index in [0.717, 1.165) is 24.3 Å². The fourth-order valence-electron chi connectivity index (χ4n) is 2.99. The van der Waals surface area contributed by atoms with Crippen LogP contribution >= 0.6 is 0 Å². The summed E-state index contributed by atoms with van der Waals surface area (Å²) in [7, 11) is 0. The molecule has 134 valence electrons. The minimum atomic E-state index is -4.34. The molecule has 0 saturated carbocycles. The van der Waals surface area contributed by atoms with Gasteiger partial charge in [0, 0.05) is 6.54 Å². The predicted molar refractivity (Wildman–Crippen MR) is 87.1 cm³/mol. The molecule has 0 spiro atoms. The average molecular weight is 342 g/mol. The van der Waals surface area contributed by atoms with Crippen molar-refractivity contribution >= 4 is 5.91 Å². The maximum atomic E-state index is 13.3. The number of nitrogens with one attached hydrogen (secondary N) is 1. The molecule has 1 atom stereocenters. The number of rotatable bonds is 7. The van der Waals surface area contributed by atoms with Crippen LogP contribution in [0, 0.1) is 5.41 Å². The molecule has 0 unspecified atom stereocenters. The molecule has 1 heterocycles. The Morgan fingerprint density at radius 3 is 2.38 bits per heavy atom. The van der Waals surface area contributed by atoms with Crippen molar-refractivity contribution in [2.24, 2.45) is 5.41 Å². The molecule has 1 amide bonds. The summed E-state index contributed by atoms with van der Waals surface area (Å²) in [6, 6.07) is 8.32. The number of benzene rings is 1. The maximum Gasteiger partial charge on any atom is 0.405 e. The number of carbonyl (C=O) groups is 1. The topological polar surface area (TPSA) is 32.3 Å². The van der Waals surface area contributed by atoms with Crippen molar-refractivity contribution in [2.75, 3.05) is 6.54 Å². The first-order valence-corrected chi connectivity index (χ1v) is 8.38. The van der Waals surface area contributed by atoms with Crippen LogP contribution in [0.4, 0.5) is 13.2 Å². The first kappa shape index (κ1) is 18.8. The van der Waals surface area contributed by atoms with Gasteiger partial charge < -0.3 is 0 Å². The lowest BCUT2D eigenvalue weighted by atomic mass is 9.94. The zero-order valence-corrected chi connectivity index (χ0v) is 14.2. The molecule has 0 radical (unpaired) electrons. The zero-order valence-electron chi connectivity index (χ0n) is 14.2. The van der Waals surface area contributed by atoms with E-state index in [1.165, 1.54) is 5.56 Å². The van der Waals surface area contributed by atoms with Gasteiger partial charge in [-0.25, -0.2) is 5.01 Å². The van der Waals surface area contributed by atoms with Crippen molar-refractivity contribution in [3.63, 3.8) is 0 Å². The third-order valence-electron chi connectivity index (χ3n) is 4.47. The first-order chi connectivity index (χ1) is 11.2. The number of aryl methyl sites for hydroxylation is 1. The molecule has 1 aliphatic heterocycles. The van der Waals surface area contributed by atoms with Crippen molar-refractivity contribution in [3.8, 4) is 0 Å². The molecular weight excluding hydrogens is 317 g/mol. The first-order valence-electron chi connectivity index (χ1n) is 8.38. The molecule has 1 saturated heterocycles. The number of unbranched alkanes of at least 4 members (excludes halogenated alkanes) is 2. The van der Waals surface area contributed by atoms with Gasteiger partial charge in [-0.2, -0.15) is 13.2 Å². The predicted octanol–water partition coefficient (Wildman–Crippen LogP) is 4.09. The van der Waals surface area contributed by atoms with Crippen LogP contribution < -0.4 is 5.43 Å². The highest BCUT2D eigenvalue weighted by Crippen LogP contribution is 2.33. The summed E-state index contributed by atoms with van der Waals surface area (Å²) in [6.45, 7) is 3.41. The van der Waals surface area contributed by atoms with Gasteiger partial charge in [-0.15, -0.1) is 0 Å². The van der Waals surface area contributed by atoms with Crippen molar-refractivity contribution in [2.45, 2.75) is 58.2 Å². The molecule has 2 rings (SSSR count). The Balaban J connectivity index is 1.81. The van der Waals surface area contributed by atoms with Crippen LogP contribution in [0.15, 0.2) is 30.3 Å². The smallest absolute Gasteiger partial charge is 0.288 e. The average Bonchev–Trinajstić information content (AvgIpc) is 2.75. The lowest BCUT2D eigenvalue weighted by Crippen LogP contribution is -2.49. The van der Waals surface area contributed by atoms with E-state index in [-0.39, 0.29) is 18.9 Å². The van der Waals surface area contributed by atoms with Gasteiger partial charge in [0.15, 0.2) is 0 Å². The van der Waals surface area contributed by atoms with Crippen molar-refractivity contribution in [1.29, 1.82) is 0 Å². The molecule has 6 heteroatoms. The van der Waals surface area contributed by atoms with E-state index < -0.39 is 17.6 Å². The number of hydrogen-bond acceptors (Lipinski definition) is 2. The summed E-state index contributed by atoms with van der Waals surface area (Å²) in [5.41, 5.74) is 2.82. The molecule has 1 aliphatic rings. The summed E-state index contributed by atoms with van der Waals surface area (Å²) in [6.07, 6.45) is -1.35. The van der Waals surface area contributed by atoms with Crippen molar-refractivity contribution in [3.05, 3.63) is 35.9 Å². The second-order valence-electron chi connectivity index (χ2n) is 7.10. The van der Waals surface area contributed by atoms with Crippen LogP contribution in [0.1, 0.15) is 45.1 Å². The van der Waals surface area contributed by atoms with E-state index in [2.05, 4.69) is 5.43 Å². The van der Waals surface area contributed by atoms with Gasteiger partial charge >= 0.3 is 6.18 Å². The summed E-state index contributed by atoms with van der Waals surface area (Å²) >= 11 is 0. The molecule has 1 aromatic carbocycles. The normalized spacial score (nSPS) is 19.3. The van der Waals surface area contributed by atoms with Gasteiger partial charge in [0.1, 0.15) is 6.04 Å². The number of amides is 1. The largest absolute Gasteiger partial charge is 0.405 e. The van der Waals surface area contributed by atoms with Crippen LogP contribution in [-0.4, -0.2) is 29.7 Å². The number of alkyl halides is 3. The summed E-state index contributed by atoms with van der Waals surface area (Å²) in [5.74, 6) is -0.346. The molecule has 0 bridgehead atoms. The van der Waals surface area contributed by atoms with Crippen LogP contribution in [0.3, 0.4) is 0 Å². The second-order valence-corrected chi connectivity index (χ2v) is 7.10. The summed E-state index contributed by atoms with van der Waals surface area (Å²) in [4.78, 5) is 11.8. The van der Waals surface area contributed by atoms with Crippen molar-refractivity contribution in [1.82, 2.24) is 10.4 Å². The SMILES string of the molecule is CC1(C)CN([C@@H](CCCCCc2ccccc2)C(F)(F)F)NC1=O. The molecule has 0 aliphatic carbocycles. The van der Waals surface area contributed by atoms with Crippen LogP contribution in [0.5, 0.6) is 0 Å². The van der Waals surface area contributed by atoms with Crippen molar-refractivity contribution < 1.29 is 18.0 Å². The van der Waals surface area contributed by atoms with E-state index in [1.807, 2.05) is 30.3 Å². The highest BCUT2D eigenvalue weighted by atomic mass is 19.4. The van der Waals surface area contributed by atoms with Gasteiger partial charge in [-0.1, -0.05) is 43.2 Å². The van der Waals surface area contributed by atoms with Gasteiger partial charge in [-0.05, 0) is 38.7 Å². The van der Waals surface area contributed by atoms with E-state index in [0.29, 0.717) is 6.42 Å². The molecule has 24 heavy (non-hydrogen) atoms. The van der Waals surface area contributed by atoms with E-state index in [1.54, 1.807) is 13.8 Å². The third kappa shape index (κ3) is 4.97. The second kappa shape index (κ2) is 7.55. The Morgan fingerprint density at radius 1 is 1.17 bits per heavy atom. The Kier molecular flexibility index (Phi) is 5.91. The standard InChI is InChI=1S/C18H25F3N2O/c1-17(2)13-23(22-16(17)24)15(18(19,20)21)12-8-4-7-11-14-9-5-3-6-10-14/h3,5-6,9-10,15H,4,7-8,11-13H2,1-2H3,(H,22,24)/t15-/m0/s1. The molecular formula is C18H25F3N2O. The molecule has 1 fully saturated rings. The van der Waals surface area contributed by atoms with Crippen LogP contribution in [0.25, 0.3) is 0 Å². The highest BCUT2D eigenvalue weighted by Gasteiger charge is 2.49. The van der Waals surface area contributed by atoms with Gasteiger partial charge in [0.05, 0.1) is 5.41 Å².